The zero-order chi connectivity index (χ0) is 17.8. The topological polar surface area (TPSA) is 55.8 Å². The van der Waals surface area contributed by atoms with Crippen LogP contribution in [-0.2, 0) is 14.3 Å². The number of benzene rings is 2. The standard InChI is InChI=1S/C19H16FNO4/c1-2-24-18(22)12-21-15-9-5-6-10-16(15)25-17(19(21)23)11-13-7-3-4-8-14(13)20/h3-11H,2,12H2,1H3. The van der Waals surface area contributed by atoms with Gasteiger partial charge in [-0.1, -0.05) is 30.3 Å². The van der Waals surface area contributed by atoms with Crippen LogP contribution in [0.25, 0.3) is 6.08 Å². The molecule has 2 aromatic rings. The largest absolute Gasteiger partial charge is 0.465 e. The van der Waals surface area contributed by atoms with Crippen molar-refractivity contribution >= 4 is 23.6 Å². The molecule has 1 heterocycles. The van der Waals surface area contributed by atoms with Crippen LogP contribution >= 0.6 is 0 Å². The molecule has 0 radical (unpaired) electrons. The van der Waals surface area contributed by atoms with E-state index in [0.29, 0.717) is 11.4 Å². The van der Waals surface area contributed by atoms with E-state index in [2.05, 4.69) is 0 Å². The highest BCUT2D eigenvalue weighted by molar-refractivity contribution is 6.11. The van der Waals surface area contributed by atoms with Crippen molar-refractivity contribution in [2.45, 2.75) is 6.92 Å². The number of hydrogen-bond acceptors (Lipinski definition) is 4. The Kier molecular flexibility index (Phi) is 4.79. The molecule has 2 aromatic carbocycles. The highest BCUT2D eigenvalue weighted by atomic mass is 19.1. The Morgan fingerprint density at radius 1 is 1.20 bits per heavy atom. The third-order valence-electron chi connectivity index (χ3n) is 3.62. The summed E-state index contributed by atoms with van der Waals surface area (Å²) in [6.07, 6.45) is 1.33. The molecule has 0 aliphatic carbocycles. The second-order valence-corrected chi connectivity index (χ2v) is 5.30. The van der Waals surface area contributed by atoms with E-state index in [-0.39, 0.29) is 24.5 Å². The minimum Gasteiger partial charge on any atom is -0.465 e. The van der Waals surface area contributed by atoms with E-state index in [1.807, 2.05) is 0 Å². The number of halogens is 1. The minimum atomic E-state index is -0.532. The van der Waals surface area contributed by atoms with Gasteiger partial charge in [0.2, 0.25) is 0 Å². The zero-order valence-electron chi connectivity index (χ0n) is 13.6. The molecular weight excluding hydrogens is 325 g/mol. The number of amides is 1. The van der Waals surface area contributed by atoms with Crippen molar-refractivity contribution in [3.05, 3.63) is 65.7 Å². The van der Waals surface area contributed by atoms with Crippen molar-refractivity contribution in [3.8, 4) is 5.75 Å². The lowest BCUT2D eigenvalue weighted by Gasteiger charge is -2.29. The number of fused-ring (bicyclic) bond motifs is 1. The molecule has 5 nitrogen and oxygen atoms in total. The Morgan fingerprint density at radius 3 is 2.68 bits per heavy atom. The molecule has 0 fully saturated rings. The number of anilines is 1. The van der Waals surface area contributed by atoms with Crippen LogP contribution in [0.2, 0.25) is 0 Å². The van der Waals surface area contributed by atoms with Crippen LogP contribution in [0.15, 0.2) is 54.3 Å². The first-order valence-electron chi connectivity index (χ1n) is 7.80. The smallest absolute Gasteiger partial charge is 0.326 e. The van der Waals surface area contributed by atoms with Gasteiger partial charge in [-0.05, 0) is 31.2 Å². The van der Waals surface area contributed by atoms with Crippen molar-refractivity contribution in [2.24, 2.45) is 0 Å². The number of esters is 1. The molecule has 0 saturated heterocycles. The Bertz CT molecular complexity index is 847. The first-order valence-corrected chi connectivity index (χ1v) is 7.80. The third-order valence-corrected chi connectivity index (χ3v) is 3.62. The van der Waals surface area contributed by atoms with E-state index >= 15 is 0 Å². The van der Waals surface area contributed by atoms with Crippen LogP contribution < -0.4 is 9.64 Å². The third kappa shape index (κ3) is 3.52. The van der Waals surface area contributed by atoms with Crippen LogP contribution in [0, 0.1) is 5.82 Å². The normalized spacial score (nSPS) is 14.9. The summed E-state index contributed by atoms with van der Waals surface area (Å²) in [5.41, 5.74) is 0.688. The summed E-state index contributed by atoms with van der Waals surface area (Å²) in [6, 6.07) is 12.9. The van der Waals surface area contributed by atoms with E-state index in [9.17, 15) is 14.0 Å². The highest BCUT2D eigenvalue weighted by Gasteiger charge is 2.32. The maximum Gasteiger partial charge on any atom is 0.326 e. The Labute approximate surface area is 144 Å². The second-order valence-electron chi connectivity index (χ2n) is 5.30. The number of carbonyl (C=O) groups excluding carboxylic acids is 2. The Hall–Kier alpha value is -3.15. The summed E-state index contributed by atoms with van der Waals surface area (Å²) in [6.45, 7) is 1.66. The van der Waals surface area contributed by atoms with Gasteiger partial charge >= 0.3 is 5.97 Å². The second kappa shape index (κ2) is 7.17. The van der Waals surface area contributed by atoms with Gasteiger partial charge in [-0.15, -0.1) is 0 Å². The van der Waals surface area contributed by atoms with Crippen LogP contribution in [0.1, 0.15) is 12.5 Å². The van der Waals surface area contributed by atoms with Crippen molar-refractivity contribution in [1.29, 1.82) is 0 Å². The maximum absolute atomic E-state index is 13.9. The summed E-state index contributed by atoms with van der Waals surface area (Å²) in [4.78, 5) is 25.9. The molecule has 1 aliphatic rings. The number of carbonyl (C=O) groups is 2. The maximum atomic E-state index is 13.9. The van der Waals surface area contributed by atoms with E-state index in [1.54, 1.807) is 43.3 Å². The lowest BCUT2D eigenvalue weighted by molar-refractivity contribution is -0.142. The van der Waals surface area contributed by atoms with E-state index in [4.69, 9.17) is 9.47 Å². The molecule has 1 amide bonds. The number of ether oxygens (including phenoxy) is 2. The van der Waals surface area contributed by atoms with Gasteiger partial charge in [0, 0.05) is 5.56 Å². The molecule has 0 bridgehead atoms. The summed E-state index contributed by atoms with van der Waals surface area (Å²) in [5, 5.41) is 0. The minimum absolute atomic E-state index is 0.0619. The molecule has 0 N–H and O–H groups in total. The summed E-state index contributed by atoms with van der Waals surface area (Å²) < 4.78 is 24.4. The van der Waals surface area contributed by atoms with Crippen LogP contribution in [-0.4, -0.2) is 25.0 Å². The van der Waals surface area contributed by atoms with Gasteiger partial charge < -0.3 is 9.47 Å². The van der Waals surface area contributed by atoms with Crippen LogP contribution in [0.4, 0.5) is 10.1 Å². The average Bonchev–Trinajstić information content (AvgIpc) is 2.60. The molecule has 0 unspecified atom stereocenters. The highest BCUT2D eigenvalue weighted by Crippen LogP contribution is 2.35. The van der Waals surface area contributed by atoms with Gasteiger partial charge in [0.15, 0.2) is 11.5 Å². The first-order chi connectivity index (χ1) is 12.1. The summed E-state index contributed by atoms with van der Waals surface area (Å²) in [7, 11) is 0. The van der Waals surface area contributed by atoms with Crippen LogP contribution in [0.5, 0.6) is 5.75 Å². The fraction of sp³-hybridized carbons (Fsp3) is 0.158. The molecule has 1 aliphatic heterocycles. The number of rotatable bonds is 4. The molecule has 0 saturated carbocycles. The molecular formula is C19H16FNO4. The van der Waals surface area contributed by atoms with Crippen molar-refractivity contribution in [1.82, 2.24) is 0 Å². The number of hydrogen-bond donors (Lipinski definition) is 0. The van der Waals surface area contributed by atoms with Gasteiger partial charge in [-0.25, -0.2) is 4.39 Å². The average molecular weight is 341 g/mol. The van der Waals surface area contributed by atoms with Gasteiger partial charge in [-0.2, -0.15) is 0 Å². The first kappa shape index (κ1) is 16.7. The fourth-order valence-corrected chi connectivity index (χ4v) is 2.49. The fourth-order valence-electron chi connectivity index (χ4n) is 2.49. The zero-order valence-corrected chi connectivity index (χ0v) is 13.6. The predicted octanol–water partition coefficient (Wildman–Crippen LogP) is 3.16. The quantitative estimate of drug-likeness (QED) is 0.633. The van der Waals surface area contributed by atoms with E-state index in [0.717, 1.165) is 0 Å². The van der Waals surface area contributed by atoms with Crippen LogP contribution in [0.3, 0.4) is 0 Å². The van der Waals surface area contributed by atoms with Crippen molar-refractivity contribution in [2.75, 3.05) is 18.1 Å². The SMILES string of the molecule is CCOC(=O)CN1C(=O)C(=Cc2ccccc2F)Oc2ccccc21. The lowest BCUT2D eigenvalue weighted by atomic mass is 10.1. The van der Waals surface area contributed by atoms with Gasteiger partial charge in [0.05, 0.1) is 12.3 Å². The molecule has 128 valence electrons. The van der Waals surface area contributed by atoms with Gasteiger partial charge in [-0.3, -0.25) is 14.5 Å². The molecule has 3 rings (SSSR count). The monoisotopic (exact) mass is 341 g/mol. The van der Waals surface area contributed by atoms with Crippen molar-refractivity contribution < 1.29 is 23.5 Å². The number of nitrogens with zero attached hydrogens (tertiary/aromatic N) is 1. The summed E-state index contributed by atoms with van der Waals surface area (Å²) >= 11 is 0. The molecule has 6 heteroatoms. The molecule has 0 spiro atoms. The van der Waals surface area contributed by atoms with Gasteiger partial charge in [0.1, 0.15) is 12.4 Å². The number of para-hydroxylation sites is 2. The predicted molar refractivity (Wildman–Crippen MR) is 90.4 cm³/mol. The van der Waals surface area contributed by atoms with E-state index in [1.165, 1.54) is 23.1 Å². The lowest BCUT2D eigenvalue weighted by Crippen LogP contribution is -2.41. The van der Waals surface area contributed by atoms with Gasteiger partial charge in [0.25, 0.3) is 5.91 Å². The van der Waals surface area contributed by atoms with E-state index < -0.39 is 17.7 Å². The Morgan fingerprint density at radius 2 is 1.92 bits per heavy atom. The van der Waals surface area contributed by atoms with Crippen molar-refractivity contribution in [3.63, 3.8) is 0 Å². The molecule has 0 aromatic heterocycles. The Balaban J connectivity index is 1.99. The molecule has 0 atom stereocenters. The molecule has 25 heavy (non-hydrogen) atoms. The summed E-state index contributed by atoms with van der Waals surface area (Å²) in [5.74, 6) is -1.18.